The van der Waals surface area contributed by atoms with Gasteiger partial charge in [-0.25, -0.2) is 9.97 Å². The van der Waals surface area contributed by atoms with E-state index in [1.807, 2.05) is 0 Å². The zero-order valence-corrected chi connectivity index (χ0v) is 10.5. The van der Waals surface area contributed by atoms with E-state index in [0.717, 1.165) is 24.6 Å². The van der Waals surface area contributed by atoms with Crippen LogP contribution in [0, 0.1) is 6.92 Å². The molecule has 88 valence electrons. The Labute approximate surface area is 97.7 Å². The average molecular weight is 219 g/mol. The Morgan fingerprint density at radius 1 is 1.38 bits per heavy atom. The zero-order valence-electron chi connectivity index (χ0n) is 10.5. The fraction of sp³-hybridized carbons (Fsp3) is 0.692. The topological polar surface area (TPSA) is 37.8 Å². The van der Waals surface area contributed by atoms with Gasteiger partial charge in [0, 0.05) is 23.9 Å². The minimum atomic E-state index is 0.483. The van der Waals surface area contributed by atoms with Crippen LogP contribution in [-0.2, 0) is 0 Å². The monoisotopic (exact) mass is 219 g/mol. The third-order valence-electron chi connectivity index (χ3n) is 3.14. The van der Waals surface area contributed by atoms with Crippen LogP contribution in [0.25, 0.3) is 0 Å². The van der Waals surface area contributed by atoms with Crippen LogP contribution in [0.5, 0.6) is 0 Å². The Kier molecular flexibility index (Phi) is 3.54. The first-order valence-electron chi connectivity index (χ1n) is 6.23. The number of piperidine rings is 1. The average Bonchev–Trinajstić information content (AvgIpc) is 2.29. The molecule has 1 aromatic rings. The number of aromatic nitrogens is 2. The zero-order chi connectivity index (χ0) is 11.5. The van der Waals surface area contributed by atoms with E-state index >= 15 is 0 Å². The van der Waals surface area contributed by atoms with Crippen LogP contribution < -0.4 is 5.32 Å². The lowest BCUT2D eigenvalue weighted by Crippen LogP contribution is -2.29. The van der Waals surface area contributed by atoms with Crippen LogP contribution in [0.3, 0.4) is 0 Å². The second-order valence-electron chi connectivity index (χ2n) is 4.99. The van der Waals surface area contributed by atoms with Crippen molar-refractivity contribution in [1.29, 1.82) is 0 Å². The third-order valence-corrected chi connectivity index (χ3v) is 3.14. The fourth-order valence-corrected chi connectivity index (χ4v) is 2.17. The van der Waals surface area contributed by atoms with Gasteiger partial charge in [0.25, 0.3) is 0 Å². The van der Waals surface area contributed by atoms with Crippen molar-refractivity contribution < 1.29 is 0 Å². The lowest BCUT2D eigenvalue weighted by Gasteiger charge is -2.22. The summed E-state index contributed by atoms with van der Waals surface area (Å²) in [7, 11) is 0. The van der Waals surface area contributed by atoms with Crippen LogP contribution in [0.1, 0.15) is 55.7 Å². The molecule has 0 saturated carbocycles. The molecular formula is C13H21N3. The van der Waals surface area contributed by atoms with Gasteiger partial charge in [-0.2, -0.15) is 0 Å². The summed E-state index contributed by atoms with van der Waals surface area (Å²) in [4.78, 5) is 9.29. The summed E-state index contributed by atoms with van der Waals surface area (Å²) >= 11 is 0. The summed E-state index contributed by atoms with van der Waals surface area (Å²) < 4.78 is 0. The first-order chi connectivity index (χ1) is 7.66. The first-order valence-corrected chi connectivity index (χ1v) is 6.23. The van der Waals surface area contributed by atoms with Crippen LogP contribution in [0.4, 0.5) is 0 Å². The normalized spacial score (nSPS) is 21.4. The number of hydrogen-bond acceptors (Lipinski definition) is 3. The molecule has 0 bridgehead atoms. The summed E-state index contributed by atoms with van der Waals surface area (Å²) in [6.07, 6.45) is 2.45. The smallest absolute Gasteiger partial charge is 0.133 e. The van der Waals surface area contributed by atoms with Crippen molar-refractivity contribution in [2.45, 2.75) is 45.4 Å². The molecule has 2 rings (SSSR count). The molecule has 0 amide bonds. The van der Waals surface area contributed by atoms with Crippen molar-refractivity contribution in [3.63, 3.8) is 0 Å². The summed E-state index contributed by atoms with van der Waals surface area (Å²) in [5, 5.41) is 3.42. The van der Waals surface area contributed by atoms with E-state index in [0.29, 0.717) is 11.8 Å². The second-order valence-corrected chi connectivity index (χ2v) is 4.99. The molecule has 1 aliphatic rings. The van der Waals surface area contributed by atoms with E-state index in [1.54, 1.807) is 0 Å². The fourth-order valence-electron chi connectivity index (χ4n) is 2.17. The van der Waals surface area contributed by atoms with Gasteiger partial charge in [0.2, 0.25) is 0 Å². The van der Waals surface area contributed by atoms with Crippen molar-refractivity contribution in [2.24, 2.45) is 0 Å². The molecular weight excluding hydrogens is 198 g/mol. The van der Waals surface area contributed by atoms with Crippen LogP contribution >= 0.6 is 0 Å². The predicted molar refractivity (Wildman–Crippen MR) is 65.7 cm³/mol. The predicted octanol–water partition coefficient (Wildman–Crippen LogP) is 2.38. The molecule has 1 fully saturated rings. The van der Waals surface area contributed by atoms with Crippen LogP contribution in [-0.4, -0.2) is 23.1 Å². The molecule has 1 atom stereocenters. The number of hydrogen-bond donors (Lipinski definition) is 1. The van der Waals surface area contributed by atoms with E-state index in [1.165, 1.54) is 18.5 Å². The highest BCUT2D eigenvalue weighted by atomic mass is 14.9. The number of aryl methyl sites for hydroxylation is 1. The molecule has 0 aromatic carbocycles. The molecule has 0 radical (unpaired) electrons. The molecule has 3 heteroatoms. The van der Waals surface area contributed by atoms with Gasteiger partial charge in [0.05, 0.1) is 0 Å². The first kappa shape index (κ1) is 11.5. The standard InChI is InChI=1S/C13H21N3/c1-9(2)12-7-10(3)15-13(16-12)11-5-4-6-14-8-11/h7,9,11,14H,4-6,8H2,1-3H3. The Morgan fingerprint density at radius 3 is 2.81 bits per heavy atom. The summed E-state index contributed by atoms with van der Waals surface area (Å²) in [6, 6.07) is 2.10. The SMILES string of the molecule is Cc1cc(C(C)C)nc(C2CCCNC2)n1. The van der Waals surface area contributed by atoms with E-state index < -0.39 is 0 Å². The third kappa shape index (κ3) is 2.59. The number of rotatable bonds is 2. The van der Waals surface area contributed by atoms with E-state index in [-0.39, 0.29) is 0 Å². The molecule has 0 aliphatic carbocycles. The van der Waals surface area contributed by atoms with Gasteiger partial charge >= 0.3 is 0 Å². The summed E-state index contributed by atoms with van der Waals surface area (Å²) in [6.45, 7) is 8.60. The number of nitrogens with one attached hydrogen (secondary N) is 1. The number of nitrogens with zero attached hydrogens (tertiary/aromatic N) is 2. The van der Waals surface area contributed by atoms with Gasteiger partial charge in [0.1, 0.15) is 5.82 Å². The molecule has 0 spiro atoms. The molecule has 2 heterocycles. The van der Waals surface area contributed by atoms with Gasteiger partial charge in [-0.1, -0.05) is 13.8 Å². The van der Waals surface area contributed by atoms with Crippen molar-refractivity contribution >= 4 is 0 Å². The molecule has 1 aliphatic heterocycles. The maximum atomic E-state index is 4.71. The van der Waals surface area contributed by atoms with E-state index in [2.05, 4.69) is 37.1 Å². The lowest BCUT2D eigenvalue weighted by atomic mass is 9.98. The molecule has 1 unspecified atom stereocenters. The minimum absolute atomic E-state index is 0.483. The van der Waals surface area contributed by atoms with Gasteiger partial charge in [0.15, 0.2) is 0 Å². The highest BCUT2D eigenvalue weighted by Gasteiger charge is 2.19. The summed E-state index contributed by atoms with van der Waals surface area (Å²) in [5.74, 6) is 2.03. The van der Waals surface area contributed by atoms with Gasteiger partial charge < -0.3 is 5.32 Å². The second kappa shape index (κ2) is 4.91. The van der Waals surface area contributed by atoms with Crippen molar-refractivity contribution in [3.05, 3.63) is 23.3 Å². The maximum Gasteiger partial charge on any atom is 0.133 e. The Hall–Kier alpha value is -0.960. The van der Waals surface area contributed by atoms with Gasteiger partial charge in [-0.3, -0.25) is 0 Å². The lowest BCUT2D eigenvalue weighted by molar-refractivity contribution is 0.444. The molecule has 1 aromatic heterocycles. The molecule has 16 heavy (non-hydrogen) atoms. The Bertz CT molecular complexity index is 354. The Morgan fingerprint density at radius 2 is 2.19 bits per heavy atom. The highest BCUT2D eigenvalue weighted by molar-refractivity contribution is 5.15. The molecule has 3 nitrogen and oxygen atoms in total. The summed E-state index contributed by atoms with van der Waals surface area (Å²) in [5.41, 5.74) is 2.27. The van der Waals surface area contributed by atoms with E-state index in [9.17, 15) is 0 Å². The molecule has 1 saturated heterocycles. The van der Waals surface area contributed by atoms with Crippen molar-refractivity contribution in [1.82, 2.24) is 15.3 Å². The quantitative estimate of drug-likeness (QED) is 0.830. The maximum absolute atomic E-state index is 4.71. The van der Waals surface area contributed by atoms with Crippen LogP contribution in [0.15, 0.2) is 6.07 Å². The van der Waals surface area contributed by atoms with E-state index in [4.69, 9.17) is 4.98 Å². The Balaban J connectivity index is 2.25. The van der Waals surface area contributed by atoms with Gasteiger partial charge in [-0.15, -0.1) is 0 Å². The highest BCUT2D eigenvalue weighted by Crippen LogP contribution is 2.22. The van der Waals surface area contributed by atoms with Gasteiger partial charge in [-0.05, 0) is 38.3 Å². The molecule has 1 N–H and O–H groups in total. The largest absolute Gasteiger partial charge is 0.316 e. The van der Waals surface area contributed by atoms with Crippen molar-refractivity contribution in [2.75, 3.05) is 13.1 Å². The van der Waals surface area contributed by atoms with Crippen LogP contribution in [0.2, 0.25) is 0 Å². The minimum Gasteiger partial charge on any atom is -0.316 e. The van der Waals surface area contributed by atoms with Crippen molar-refractivity contribution in [3.8, 4) is 0 Å².